The van der Waals surface area contributed by atoms with Gasteiger partial charge in [0.15, 0.2) is 12.6 Å². The Kier molecular flexibility index (Phi) is 9.29. The Hall–Kier alpha value is -3.66. The van der Waals surface area contributed by atoms with Crippen molar-refractivity contribution in [3.05, 3.63) is 77.4 Å². The lowest BCUT2D eigenvalue weighted by molar-refractivity contribution is -0.152. The molecule has 5 atom stereocenters. The molecule has 2 heterocycles. The number of nitrogen functional groups attached to an aromatic ring is 1. The van der Waals surface area contributed by atoms with Gasteiger partial charge in [0.05, 0.1) is 11.7 Å². The average Bonchev–Trinajstić information content (AvgIpc) is 3.22. The van der Waals surface area contributed by atoms with Crippen molar-refractivity contribution < 1.29 is 38.0 Å². The number of methoxy groups -OCH3 is 1. The number of fused-ring (bicyclic) bond motifs is 2. The van der Waals surface area contributed by atoms with Gasteiger partial charge in [-0.2, -0.15) is 0 Å². The standard InChI is InChI=1S/C31H37NO8/c1-19-14-15-24(38-29(33)21-10-7-6-8-11-21)28-25(39-31(3,4)40-28)13-9-12-22-16-23(32)17-26(36-18-35-5)27(22)30(34)37-20(19)2/h6-12,14-17,19-20,24-25,28H,13,18,32H2,1-5H3/b12-9+,15-14-/t19-,20+,24?,25+,28-/m1/s1. The van der Waals surface area contributed by atoms with E-state index in [1.54, 1.807) is 55.5 Å². The number of anilines is 1. The Morgan fingerprint density at radius 1 is 1.10 bits per heavy atom. The zero-order chi connectivity index (χ0) is 28.9. The van der Waals surface area contributed by atoms with E-state index in [1.807, 2.05) is 39.0 Å². The number of carbonyl (C=O) groups excluding carboxylic acids is 2. The molecule has 0 amide bonds. The van der Waals surface area contributed by atoms with Crippen LogP contribution in [0.1, 0.15) is 60.4 Å². The SMILES string of the molecule is COCOc1cc(N)cc2c1C(=O)O[C@@H](C)[C@H](C)/C=C\C(OC(=O)c1ccccc1)[C@H]1OC(C)(C)O[C@H]1C/C=C/2. The monoisotopic (exact) mass is 551 g/mol. The van der Waals surface area contributed by atoms with Crippen molar-refractivity contribution in [3.8, 4) is 5.75 Å². The van der Waals surface area contributed by atoms with Gasteiger partial charge < -0.3 is 34.2 Å². The Balaban J connectivity index is 1.73. The second kappa shape index (κ2) is 12.7. The molecular formula is C31H37NO8. The zero-order valence-corrected chi connectivity index (χ0v) is 23.5. The minimum Gasteiger partial charge on any atom is -0.467 e. The highest BCUT2D eigenvalue weighted by Gasteiger charge is 2.45. The molecule has 0 radical (unpaired) electrons. The van der Waals surface area contributed by atoms with Gasteiger partial charge in [-0.1, -0.05) is 43.4 Å². The topological polar surface area (TPSA) is 116 Å². The maximum atomic E-state index is 13.4. The van der Waals surface area contributed by atoms with Crippen LogP contribution in [0.15, 0.2) is 60.7 Å². The number of hydrogen-bond donors (Lipinski definition) is 1. The number of cyclic esters (lactones) is 1. The smallest absolute Gasteiger partial charge is 0.342 e. The summed E-state index contributed by atoms with van der Waals surface area (Å²) in [5.74, 6) is -1.89. The molecule has 2 aliphatic rings. The number of ether oxygens (including phenoxy) is 6. The molecule has 1 saturated heterocycles. The summed E-state index contributed by atoms with van der Waals surface area (Å²) >= 11 is 0. The molecule has 4 rings (SSSR count). The number of carbonyl (C=O) groups is 2. The largest absolute Gasteiger partial charge is 0.467 e. The van der Waals surface area contributed by atoms with Crippen LogP contribution < -0.4 is 10.5 Å². The first-order valence-electron chi connectivity index (χ1n) is 13.3. The van der Waals surface area contributed by atoms with E-state index in [2.05, 4.69) is 0 Å². The Bertz CT molecular complexity index is 1260. The first-order valence-corrected chi connectivity index (χ1v) is 13.3. The molecule has 0 spiro atoms. The molecule has 0 aliphatic carbocycles. The van der Waals surface area contributed by atoms with E-state index in [4.69, 9.17) is 34.2 Å². The van der Waals surface area contributed by atoms with Gasteiger partial charge in [0.1, 0.15) is 29.6 Å². The summed E-state index contributed by atoms with van der Waals surface area (Å²) in [4.78, 5) is 26.4. The summed E-state index contributed by atoms with van der Waals surface area (Å²) in [5, 5.41) is 0. The van der Waals surface area contributed by atoms with Gasteiger partial charge in [0, 0.05) is 24.8 Å². The van der Waals surface area contributed by atoms with E-state index in [-0.39, 0.29) is 24.0 Å². The van der Waals surface area contributed by atoms with E-state index < -0.39 is 42.1 Å². The number of esters is 2. The molecule has 1 unspecified atom stereocenters. The third kappa shape index (κ3) is 7.10. The highest BCUT2D eigenvalue weighted by atomic mass is 16.8. The van der Waals surface area contributed by atoms with Gasteiger partial charge >= 0.3 is 11.9 Å². The number of benzene rings is 2. The third-order valence-corrected chi connectivity index (χ3v) is 6.79. The minimum absolute atomic E-state index is 0.0608. The zero-order valence-electron chi connectivity index (χ0n) is 23.5. The minimum atomic E-state index is -0.899. The van der Waals surface area contributed by atoms with Gasteiger partial charge in [0.2, 0.25) is 0 Å². The first kappa shape index (κ1) is 29.3. The van der Waals surface area contributed by atoms with Gasteiger partial charge in [0.25, 0.3) is 0 Å². The molecule has 9 heteroatoms. The molecule has 9 nitrogen and oxygen atoms in total. The van der Waals surface area contributed by atoms with Crippen LogP contribution in [0.2, 0.25) is 0 Å². The van der Waals surface area contributed by atoms with Crippen molar-refractivity contribution >= 4 is 23.7 Å². The highest BCUT2D eigenvalue weighted by Crippen LogP contribution is 2.35. The fourth-order valence-corrected chi connectivity index (χ4v) is 4.66. The van der Waals surface area contributed by atoms with E-state index in [1.165, 1.54) is 7.11 Å². The van der Waals surface area contributed by atoms with Crippen molar-refractivity contribution in [2.75, 3.05) is 19.6 Å². The number of nitrogens with two attached hydrogens (primary N) is 1. The second-order valence-electron chi connectivity index (χ2n) is 10.4. The molecule has 2 N–H and O–H groups in total. The molecule has 40 heavy (non-hydrogen) atoms. The van der Waals surface area contributed by atoms with Crippen LogP contribution in [-0.4, -0.2) is 56.0 Å². The van der Waals surface area contributed by atoms with Crippen LogP contribution in [0.5, 0.6) is 5.75 Å². The lowest BCUT2D eigenvalue weighted by Crippen LogP contribution is -2.37. The molecular weight excluding hydrogens is 514 g/mol. The fourth-order valence-electron chi connectivity index (χ4n) is 4.66. The summed E-state index contributed by atoms with van der Waals surface area (Å²) in [7, 11) is 1.49. The predicted octanol–water partition coefficient (Wildman–Crippen LogP) is 5.15. The summed E-state index contributed by atoms with van der Waals surface area (Å²) < 4.78 is 35.0. The third-order valence-electron chi connectivity index (χ3n) is 6.79. The first-order chi connectivity index (χ1) is 19.1. The van der Waals surface area contributed by atoms with Crippen molar-refractivity contribution in [2.45, 2.75) is 64.3 Å². The van der Waals surface area contributed by atoms with E-state index in [0.717, 1.165) is 0 Å². The van der Waals surface area contributed by atoms with Crippen LogP contribution in [0, 0.1) is 5.92 Å². The Morgan fingerprint density at radius 3 is 2.58 bits per heavy atom. The van der Waals surface area contributed by atoms with Crippen LogP contribution in [0.4, 0.5) is 5.69 Å². The molecule has 0 bridgehead atoms. The normalized spacial score (nSPS) is 27.8. The van der Waals surface area contributed by atoms with Crippen LogP contribution in [0.25, 0.3) is 6.08 Å². The van der Waals surface area contributed by atoms with E-state index in [0.29, 0.717) is 23.2 Å². The average molecular weight is 552 g/mol. The van der Waals surface area contributed by atoms with Crippen molar-refractivity contribution in [1.82, 2.24) is 0 Å². The number of rotatable bonds is 5. The van der Waals surface area contributed by atoms with Crippen LogP contribution >= 0.6 is 0 Å². The van der Waals surface area contributed by atoms with Gasteiger partial charge in [-0.3, -0.25) is 0 Å². The Labute approximate surface area is 234 Å². The van der Waals surface area contributed by atoms with E-state index in [9.17, 15) is 9.59 Å². The molecule has 1 fully saturated rings. The quantitative estimate of drug-likeness (QED) is 0.233. The maximum Gasteiger partial charge on any atom is 0.342 e. The summed E-state index contributed by atoms with van der Waals surface area (Å²) in [5.41, 5.74) is 7.76. The fraction of sp³-hybridized carbons (Fsp3) is 0.419. The van der Waals surface area contributed by atoms with Gasteiger partial charge in [-0.05, 0) is 57.0 Å². The highest BCUT2D eigenvalue weighted by molar-refractivity contribution is 5.97. The molecule has 0 saturated carbocycles. The summed E-state index contributed by atoms with van der Waals surface area (Å²) in [6.07, 6.45) is 5.40. The summed E-state index contributed by atoms with van der Waals surface area (Å²) in [6, 6.07) is 12.0. The predicted molar refractivity (Wildman–Crippen MR) is 150 cm³/mol. The lowest BCUT2D eigenvalue weighted by Gasteiger charge is -2.25. The molecule has 2 aliphatic heterocycles. The lowest BCUT2D eigenvalue weighted by atomic mass is 9.98. The van der Waals surface area contributed by atoms with Gasteiger partial charge in [-0.25, -0.2) is 9.59 Å². The van der Waals surface area contributed by atoms with Crippen molar-refractivity contribution in [1.29, 1.82) is 0 Å². The molecule has 2 aromatic carbocycles. The molecule has 0 aromatic heterocycles. The maximum absolute atomic E-state index is 13.4. The molecule has 214 valence electrons. The molecule has 2 aromatic rings. The van der Waals surface area contributed by atoms with Gasteiger partial charge in [-0.15, -0.1) is 0 Å². The van der Waals surface area contributed by atoms with E-state index >= 15 is 0 Å². The van der Waals surface area contributed by atoms with Crippen molar-refractivity contribution in [3.63, 3.8) is 0 Å². The van der Waals surface area contributed by atoms with Crippen LogP contribution in [0.3, 0.4) is 0 Å². The Morgan fingerprint density at radius 2 is 1.85 bits per heavy atom. The number of hydrogen-bond acceptors (Lipinski definition) is 9. The van der Waals surface area contributed by atoms with Crippen LogP contribution in [-0.2, 0) is 23.7 Å². The van der Waals surface area contributed by atoms with Crippen molar-refractivity contribution in [2.24, 2.45) is 5.92 Å². The second-order valence-corrected chi connectivity index (χ2v) is 10.4. The summed E-state index contributed by atoms with van der Waals surface area (Å²) in [6.45, 7) is 7.30.